The average molecular weight is 211 g/mol. The van der Waals surface area contributed by atoms with Gasteiger partial charge in [-0.2, -0.15) is 0 Å². The highest BCUT2D eigenvalue weighted by atomic mass is 19.1. The first-order valence-corrected chi connectivity index (χ1v) is 4.81. The molecule has 0 aliphatic heterocycles. The van der Waals surface area contributed by atoms with Crippen LogP contribution in [0.5, 0.6) is 0 Å². The van der Waals surface area contributed by atoms with Gasteiger partial charge in [0.15, 0.2) is 0 Å². The number of rotatable bonds is 4. The summed E-state index contributed by atoms with van der Waals surface area (Å²) in [4.78, 5) is 15.1. The number of anilines is 1. The highest BCUT2D eigenvalue weighted by Crippen LogP contribution is 2.04. The number of pyridine rings is 1. The summed E-state index contributed by atoms with van der Waals surface area (Å²) in [7, 11) is 0. The second-order valence-electron chi connectivity index (χ2n) is 3.25. The molecule has 82 valence electrons. The van der Waals surface area contributed by atoms with Crippen LogP contribution in [0.4, 0.5) is 10.2 Å². The molecule has 1 aromatic rings. The summed E-state index contributed by atoms with van der Waals surface area (Å²) in [5.41, 5.74) is 5.59. The molecule has 3 N–H and O–H groups in total. The van der Waals surface area contributed by atoms with E-state index in [1.54, 1.807) is 0 Å². The number of nitrogens with one attached hydrogen (secondary N) is 1. The topological polar surface area (TPSA) is 68.0 Å². The molecule has 1 rings (SSSR count). The van der Waals surface area contributed by atoms with Crippen LogP contribution in [0.3, 0.4) is 0 Å². The minimum absolute atomic E-state index is 0.295. The molecule has 0 saturated carbocycles. The maximum Gasteiger partial charge on any atom is 0.242 e. The lowest BCUT2D eigenvalue weighted by Gasteiger charge is -2.10. The standard InChI is InChI=1S/C10H14FN3O/c1-2-3-8(12)10(15)14-9-5-4-7(11)6-13-9/h4-6,8H,2-3,12H2,1H3,(H,13,14,15)/t8-/m1/s1. The molecule has 0 saturated heterocycles. The minimum atomic E-state index is -0.540. The van der Waals surface area contributed by atoms with Gasteiger partial charge in [0.2, 0.25) is 5.91 Å². The van der Waals surface area contributed by atoms with Gasteiger partial charge in [0.05, 0.1) is 12.2 Å². The molecule has 1 atom stereocenters. The normalized spacial score (nSPS) is 12.2. The number of amides is 1. The van der Waals surface area contributed by atoms with Gasteiger partial charge in [-0.25, -0.2) is 9.37 Å². The third-order valence-corrected chi connectivity index (χ3v) is 1.92. The van der Waals surface area contributed by atoms with E-state index in [4.69, 9.17) is 5.73 Å². The summed E-state index contributed by atoms with van der Waals surface area (Å²) < 4.78 is 12.5. The molecule has 1 aromatic heterocycles. The number of hydrogen-bond acceptors (Lipinski definition) is 3. The maximum absolute atomic E-state index is 12.5. The van der Waals surface area contributed by atoms with Crippen molar-refractivity contribution in [3.8, 4) is 0 Å². The van der Waals surface area contributed by atoms with E-state index in [0.717, 1.165) is 12.6 Å². The number of carbonyl (C=O) groups excluding carboxylic acids is 1. The van der Waals surface area contributed by atoms with Crippen molar-refractivity contribution in [1.29, 1.82) is 0 Å². The van der Waals surface area contributed by atoms with Crippen LogP contribution in [-0.4, -0.2) is 16.9 Å². The monoisotopic (exact) mass is 211 g/mol. The van der Waals surface area contributed by atoms with Crippen molar-refractivity contribution < 1.29 is 9.18 Å². The fourth-order valence-electron chi connectivity index (χ4n) is 1.11. The lowest BCUT2D eigenvalue weighted by atomic mass is 10.2. The fraction of sp³-hybridized carbons (Fsp3) is 0.400. The Balaban J connectivity index is 2.54. The van der Waals surface area contributed by atoms with Crippen molar-refractivity contribution in [1.82, 2.24) is 4.98 Å². The van der Waals surface area contributed by atoms with Crippen molar-refractivity contribution in [2.75, 3.05) is 5.32 Å². The number of nitrogens with two attached hydrogens (primary N) is 1. The molecule has 0 aliphatic rings. The minimum Gasteiger partial charge on any atom is -0.320 e. The van der Waals surface area contributed by atoms with E-state index in [9.17, 15) is 9.18 Å². The molecule has 0 fully saturated rings. The largest absolute Gasteiger partial charge is 0.320 e. The van der Waals surface area contributed by atoms with Crippen LogP contribution in [-0.2, 0) is 4.79 Å². The van der Waals surface area contributed by atoms with Gasteiger partial charge in [0.1, 0.15) is 11.6 Å². The summed E-state index contributed by atoms with van der Waals surface area (Å²) >= 11 is 0. The van der Waals surface area contributed by atoms with Crippen molar-refractivity contribution in [3.63, 3.8) is 0 Å². The van der Waals surface area contributed by atoms with Crippen LogP contribution in [0.25, 0.3) is 0 Å². The van der Waals surface area contributed by atoms with Crippen LogP contribution in [0, 0.1) is 5.82 Å². The molecular formula is C10H14FN3O. The first kappa shape index (κ1) is 11.6. The Hall–Kier alpha value is -1.49. The lowest BCUT2D eigenvalue weighted by molar-refractivity contribution is -0.117. The second kappa shape index (κ2) is 5.41. The van der Waals surface area contributed by atoms with E-state index in [-0.39, 0.29) is 5.91 Å². The van der Waals surface area contributed by atoms with Crippen LogP contribution < -0.4 is 11.1 Å². The number of nitrogens with zero attached hydrogens (tertiary/aromatic N) is 1. The highest BCUT2D eigenvalue weighted by molar-refractivity contribution is 5.93. The molecule has 4 nitrogen and oxygen atoms in total. The molecule has 0 unspecified atom stereocenters. The van der Waals surface area contributed by atoms with Gasteiger partial charge in [0, 0.05) is 0 Å². The van der Waals surface area contributed by atoms with Crippen molar-refractivity contribution >= 4 is 11.7 Å². The van der Waals surface area contributed by atoms with Crippen LogP contribution in [0.15, 0.2) is 18.3 Å². The van der Waals surface area contributed by atoms with Crippen LogP contribution in [0.1, 0.15) is 19.8 Å². The number of halogens is 1. The molecular weight excluding hydrogens is 197 g/mol. The zero-order chi connectivity index (χ0) is 11.3. The second-order valence-corrected chi connectivity index (χ2v) is 3.25. The molecule has 15 heavy (non-hydrogen) atoms. The molecule has 0 spiro atoms. The van der Waals surface area contributed by atoms with Gasteiger partial charge in [0.25, 0.3) is 0 Å². The zero-order valence-electron chi connectivity index (χ0n) is 8.53. The Morgan fingerprint density at radius 2 is 2.40 bits per heavy atom. The summed E-state index contributed by atoms with van der Waals surface area (Å²) in [6.45, 7) is 1.95. The van der Waals surface area contributed by atoms with Crippen molar-refractivity contribution in [2.24, 2.45) is 5.73 Å². The molecule has 1 amide bonds. The number of carbonyl (C=O) groups is 1. The molecule has 5 heteroatoms. The van der Waals surface area contributed by atoms with Crippen molar-refractivity contribution in [2.45, 2.75) is 25.8 Å². The summed E-state index contributed by atoms with van der Waals surface area (Å²) in [6.07, 6.45) is 2.50. The Morgan fingerprint density at radius 1 is 1.67 bits per heavy atom. The molecule has 0 bridgehead atoms. The van der Waals surface area contributed by atoms with Crippen LogP contribution in [0.2, 0.25) is 0 Å². The summed E-state index contributed by atoms with van der Waals surface area (Å²) in [6, 6.07) is 2.08. The predicted octanol–water partition coefficient (Wildman–Crippen LogP) is 1.29. The Kier molecular flexibility index (Phi) is 4.17. The van der Waals surface area contributed by atoms with Gasteiger partial charge >= 0.3 is 0 Å². The number of hydrogen-bond donors (Lipinski definition) is 2. The van der Waals surface area contributed by atoms with E-state index >= 15 is 0 Å². The molecule has 0 radical (unpaired) electrons. The number of aromatic nitrogens is 1. The highest BCUT2D eigenvalue weighted by Gasteiger charge is 2.12. The molecule has 0 aromatic carbocycles. The fourth-order valence-corrected chi connectivity index (χ4v) is 1.11. The van der Waals surface area contributed by atoms with Gasteiger partial charge in [-0.15, -0.1) is 0 Å². The van der Waals surface area contributed by atoms with Gasteiger partial charge < -0.3 is 11.1 Å². The molecule has 1 heterocycles. The van der Waals surface area contributed by atoms with Gasteiger partial charge in [-0.3, -0.25) is 4.79 Å². The van der Waals surface area contributed by atoms with Gasteiger partial charge in [-0.1, -0.05) is 13.3 Å². The Morgan fingerprint density at radius 3 is 2.93 bits per heavy atom. The average Bonchev–Trinajstić information content (AvgIpc) is 2.22. The van der Waals surface area contributed by atoms with Crippen LogP contribution >= 0.6 is 0 Å². The van der Waals surface area contributed by atoms with Gasteiger partial charge in [-0.05, 0) is 18.6 Å². The van der Waals surface area contributed by atoms with E-state index in [2.05, 4.69) is 10.3 Å². The van der Waals surface area contributed by atoms with E-state index < -0.39 is 11.9 Å². The van der Waals surface area contributed by atoms with E-state index in [1.807, 2.05) is 6.92 Å². The maximum atomic E-state index is 12.5. The van der Waals surface area contributed by atoms with E-state index in [1.165, 1.54) is 12.1 Å². The SMILES string of the molecule is CCC[C@@H](N)C(=O)Nc1ccc(F)cn1. The first-order valence-electron chi connectivity index (χ1n) is 4.81. The lowest BCUT2D eigenvalue weighted by Crippen LogP contribution is -2.35. The van der Waals surface area contributed by atoms with E-state index in [0.29, 0.717) is 12.2 Å². The summed E-state index contributed by atoms with van der Waals surface area (Å²) in [5, 5.41) is 2.51. The first-order chi connectivity index (χ1) is 7.13. The predicted molar refractivity (Wildman–Crippen MR) is 55.7 cm³/mol. The zero-order valence-corrected chi connectivity index (χ0v) is 8.53. The third kappa shape index (κ3) is 3.63. The summed E-state index contributed by atoms with van der Waals surface area (Å²) in [5.74, 6) is -0.422. The Labute approximate surface area is 87.7 Å². The molecule has 0 aliphatic carbocycles. The van der Waals surface area contributed by atoms with Crippen molar-refractivity contribution in [3.05, 3.63) is 24.1 Å². The third-order valence-electron chi connectivity index (χ3n) is 1.92. The smallest absolute Gasteiger partial charge is 0.242 e. The quantitative estimate of drug-likeness (QED) is 0.788. The Bertz CT molecular complexity index is 326.